The summed E-state index contributed by atoms with van der Waals surface area (Å²) in [6.07, 6.45) is 1.43. The number of hydrogen-bond acceptors (Lipinski definition) is 4. The Bertz CT molecular complexity index is 738. The Morgan fingerprint density at radius 1 is 1.24 bits per heavy atom. The number of carbonyl (C=O) groups is 2. The van der Waals surface area contributed by atoms with E-state index in [0.29, 0.717) is 11.0 Å². The highest BCUT2D eigenvalue weighted by atomic mass is 32.1. The molecule has 132 valence electrons. The number of thiazole rings is 1. The molecule has 1 fully saturated rings. The Morgan fingerprint density at radius 3 is 2.68 bits per heavy atom. The first-order chi connectivity index (χ1) is 12.0. The molecule has 1 N–H and O–H groups in total. The van der Waals surface area contributed by atoms with Gasteiger partial charge in [-0.3, -0.25) is 9.59 Å². The lowest BCUT2D eigenvalue weighted by molar-refractivity contribution is -0.131. The van der Waals surface area contributed by atoms with Crippen LogP contribution in [0.4, 0.5) is 5.13 Å². The Labute approximate surface area is 152 Å². The van der Waals surface area contributed by atoms with Crippen LogP contribution in [0.5, 0.6) is 0 Å². The molecule has 0 unspecified atom stereocenters. The summed E-state index contributed by atoms with van der Waals surface area (Å²) in [5.41, 5.74) is 2.21. The van der Waals surface area contributed by atoms with Crippen molar-refractivity contribution in [2.45, 2.75) is 39.0 Å². The van der Waals surface area contributed by atoms with Gasteiger partial charge in [0.1, 0.15) is 0 Å². The number of aryl methyl sites for hydroxylation is 2. The predicted octanol–water partition coefficient (Wildman–Crippen LogP) is 3.49. The van der Waals surface area contributed by atoms with Gasteiger partial charge >= 0.3 is 0 Å². The highest BCUT2D eigenvalue weighted by molar-refractivity contribution is 7.15. The molecule has 1 atom stereocenters. The standard InChI is InChI=1S/C19H23N3O2S/c1-13-14(2)25-19(20-13)21-17(23)8-9-18(24)22-11-10-16(12-22)15-6-4-3-5-7-15/h3-7,16H,8-12H2,1-2H3,(H,20,21,23)/t16-/m1/s1. The second-order valence-corrected chi connectivity index (χ2v) is 7.65. The van der Waals surface area contributed by atoms with E-state index in [1.165, 1.54) is 16.9 Å². The Kier molecular flexibility index (Phi) is 5.48. The number of rotatable bonds is 5. The van der Waals surface area contributed by atoms with Crippen molar-refractivity contribution in [2.75, 3.05) is 18.4 Å². The highest BCUT2D eigenvalue weighted by Gasteiger charge is 2.27. The molecule has 0 radical (unpaired) electrons. The molecule has 0 bridgehead atoms. The molecule has 0 spiro atoms. The molecule has 1 aromatic heterocycles. The van der Waals surface area contributed by atoms with E-state index in [2.05, 4.69) is 22.4 Å². The SMILES string of the molecule is Cc1nc(NC(=O)CCC(=O)N2CC[C@@H](c3ccccc3)C2)sc1C. The predicted molar refractivity (Wildman–Crippen MR) is 99.8 cm³/mol. The second kappa shape index (κ2) is 7.78. The average molecular weight is 357 g/mol. The lowest BCUT2D eigenvalue weighted by Crippen LogP contribution is -2.29. The third-order valence-electron chi connectivity index (χ3n) is 4.65. The minimum absolute atomic E-state index is 0.0556. The largest absolute Gasteiger partial charge is 0.342 e. The third kappa shape index (κ3) is 4.45. The van der Waals surface area contributed by atoms with Crippen LogP contribution >= 0.6 is 11.3 Å². The Hall–Kier alpha value is -2.21. The van der Waals surface area contributed by atoms with Gasteiger partial charge in [0, 0.05) is 36.7 Å². The molecule has 1 aliphatic rings. The van der Waals surface area contributed by atoms with Crippen LogP contribution in [-0.2, 0) is 9.59 Å². The third-order valence-corrected chi connectivity index (χ3v) is 5.64. The average Bonchev–Trinajstić information content (AvgIpc) is 3.21. The van der Waals surface area contributed by atoms with Crippen molar-refractivity contribution in [3.8, 4) is 0 Å². The summed E-state index contributed by atoms with van der Waals surface area (Å²) in [4.78, 5) is 31.7. The van der Waals surface area contributed by atoms with Crippen LogP contribution in [0.25, 0.3) is 0 Å². The summed E-state index contributed by atoms with van der Waals surface area (Å²) in [6.45, 7) is 5.41. The normalized spacial score (nSPS) is 16.9. The molecule has 2 heterocycles. The molecule has 1 aliphatic heterocycles. The number of aromatic nitrogens is 1. The van der Waals surface area contributed by atoms with Crippen molar-refractivity contribution in [3.63, 3.8) is 0 Å². The van der Waals surface area contributed by atoms with Crippen molar-refractivity contribution in [3.05, 3.63) is 46.5 Å². The molecule has 25 heavy (non-hydrogen) atoms. The number of benzene rings is 1. The number of amides is 2. The van der Waals surface area contributed by atoms with Crippen molar-refractivity contribution in [2.24, 2.45) is 0 Å². The fraction of sp³-hybridized carbons (Fsp3) is 0.421. The molecule has 5 nitrogen and oxygen atoms in total. The minimum Gasteiger partial charge on any atom is -0.342 e. The van der Waals surface area contributed by atoms with Gasteiger partial charge in [-0.1, -0.05) is 30.3 Å². The highest BCUT2D eigenvalue weighted by Crippen LogP contribution is 2.27. The van der Waals surface area contributed by atoms with Gasteiger partial charge in [0.05, 0.1) is 5.69 Å². The van der Waals surface area contributed by atoms with Crippen LogP contribution in [-0.4, -0.2) is 34.8 Å². The maximum Gasteiger partial charge on any atom is 0.226 e. The van der Waals surface area contributed by atoms with Crippen LogP contribution < -0.4 is 5.32 Å². The van der Waals surface area contributed by atoms with E-state index in [1.54, 1.807) is 0 Å². The summed E-state index contributed by atoms with van der Waals surface area (Å²) >= 11 is 1.46. The number of hydrogen-bond donors (Lipinski definition) is 1. The lowest BCUT2D eigenvalue weighted by Gasteiger charge is -2.16. The first kappa shape index (κ1) is 17.6. The maximum absolute atomic E-state index is 12.4. The monoisotopic (exact) mass is 357 g/mol. The van der Waals surface area contributed by atoms with E-state index in [-0.39, 0.29) is 24.7 Å². The lowest BCUT2D eigenvalue weighted by atomic mass is 9.99. The second-order valence-electron chi connectivity index (χ2n) is 6.44. The van der Waals surface area contributed by atoms with Crippen LogP contribution in [0, 0.1) is 13.8 Å². The van der Waals surface area contributed by atoms with Gasteiger partial charge in [-0.15, -0.1) is 11.3 Å². The van der Waals surface area contributed by atoms with Crippen molar-refractivity contribution >= 4 is 28.3 Å². The zero-order valence-corrected chi connectivity index (χ0v) is 15.4. The summed E-state index contributed by atoms with van der Waals surface area (Å²) in [6, 6.07) is 10.3. The number of carbonyl (C=O) groups excluding carboxylic acids is 2. The number of nitrogens with one attached hydrogen (secondary N) is 1. The molecular weight excluding hydrogens is 334 g/mol. The number of nitrogens with zero attached hydrogens (tertiary/aromatic N) is 2. The van der Waals surface area contributed by atoms with E-state index in [1.807, 2.05) is 36.9 Å². The van der Waals surface area contributed by atoms with E-state index in [0.717, 1.165) is 30.1 Å². The topological polar surface area (TPSA) is 62.3 Å². The molecule has 3 rings (SSSR count). The van der Waals surface area contributed by atoms with E-state index in [9.17, 15) is 9.59 Å². The molecular formula is C19H23N3O2S. The van der Waals surface area contributed by atoms with E-state index < -0.39 is 0 Å². The van der Waals surface area contributed by atoms with Gasteiger partial charge in [0.15, 0.2) is 5.13 Å². The van der Waals surface area contributed by atoms with Gasteiger partial charge in [-0.2, -0.15) is 0 Å². The van der Waals surface area contributed by atoms with Gasteiger partial charge in [0.2, 0.25) is 11.8 Å². The zero-order valence-electron chi connectivity index (χ0n) is 14.6. The van der Waals surface area contributed by atoms with E-state index >= 15 is 0 Å². The van der Waals surface area contributed by atoms with Crippen molar-refractivity contribution < 1.29 is 9.59 Å². The zero-order chi connectivity index (χ0) is 17.8. The van der Waals surface area contributed by atoms with Gasteiger partial charge < -0.3 is 10.2 Å². The van der Waals surface area contributed by atoms with Crippen LogP contribution in [0.2, 0.25) is 0 Å². The van der Waals surface area contributed by atoms with Crippen molar-refractivity contribution in [1.82, 2.24) is 9.88 Å². The minimum atomic E-state index is -0.152. The van der Waals surface area contributed by atoms with Crippen LogP contribution in [0.1, 0.15) is 41.3 Å². The quantitative estimate of drug-likeness (QED) is 0.891. The first-order valence-electron chi connectivity index (χ1n) is 8.59. The van der Waals surface area contributed by atoms with Gasteiger partial charge in [-0.25, -0.2) is 4.98 Å². The fourth-order valence-corrected chi connectivity index (χ4v) is 3.90. The molecule has 2 aromatic rings. The molecule has 1 aromatic carbocycles. The molecule has 0 saturated carbocycles. The fourth-order valence-electron chi connectivity index (χ4n) is 3.07. The summed E-state index contributed by atoms with van der Waals surface area (Å²) in [5.74, 6) is 0.307. The summed E-state index contributed by atoms with van der Waals surface area (Å²) in [5, 5.41) is 3.39. The maximum atomic E-state index is 12.4. The Balaban J connectivity index is 1.45. The Morgan fingerprint density at radius 2 is 2.00 bits per heavy atom. The van der Waals surface area contributed by atoms with Crippen LogP contribution in [0.15, 0.2) is 30.3 Å². The number of likely N-dealkylation sites (tertiary alicyclic amines) is 1. The van der Waals surface area contributed by atoms with Gasteiger partial charge in [0.25, 0.3) is 0 Å². The summed E-state index contributed by atoms with van der Waals surface area (Å²) < 4.78 is 0. The molecule has 2 amide bonds. The smallest absolute Gasteiger partial charge is 0.226 e. The van der Waals surface area contributed by atoms with Crippen LogP contribution in [0.3, 0.4) is 0 Å². The number of anilines is 1. The van der Waals surface area contributed by atoms with E-state index in [4.69, 9.17) is 0 Å². The van der Waals surface area contributed by atoms with Gasteiger partial charge in [-0.05, 0) is 25.8 Å². The molecule has 0 aliphatic carbocycles. The molecule has 1 saturated heterocycles. The van der Waals surface area contributed by atoms with Crippen molar-refractivity contribution in [1.29, 1.82) is 0 Å². The first-order valence-corrected chi connectivity index (χ1v) is 9.41. The molecule has 6 heteroatoms. The summed E-state index contributed by atoms with van der Waals surface area (Å²) in [7, 11) is 0.